The normalized spacial score (nSPS) is 54.5. The van der Waals surface area contributed by atoms with E-state index in [9.17, 15) is 15.0 Å². The minimum atomic E-state index is -1.02. The maximum atomic E-state index is 13.3. The van der Waals surface area contributed by atoms with E-state index in [1.807, 2.05) is 0 Å². The average molecular weight is 320 g/mol. The molecule has 3 heteroatoms. The van der Waals surface area contributed by atoms with Crippen molar-refractivity contribution in [1.29, 1.82) is 0 Å². The van der Waals surface area contributed by atoms with Crippen molar-refractivity contribution >= 4 is 5.78 Å². The summed E-state index contributed by atoms with van der Waals surface area (Å²) >= 11 is 0. The third-order valence-corrected chi connectivity index (χ3v) is 8.75. The van der Waals surface area contributed by atoms with E-state index >= 15 is 0 Å². The van der Waals surface area contributed by atoms with Crippen molar-refractivity contribution in [2.45, 2.75) is 77.7 Å². The third-order valence-electron chi connectivity index (χ3n) is 8.75. The quantitative estimate of drug-likeness (QED) is 0.779. The standard InChI is InChI=1S/C20H32O3/c1-17(2)7-4-8-18(3)14-6-5-13-10-19(14,11-20(13,23)12-21)16(22)9-15(17)18/h13-15,21,23H,4-12H2,1-3H3/t13?,14-,15+,18-,19+,20-/m0/s1. The van der Waals surface area contributed by atoms with Gasteiger partial charge in [-0.1, -0.05) is 27.2 Å². The Morgan fingerprint density at radius 1 is 1.13 bits per heavy atom. The van der Waals surface area contributed by atoms with Crippen LogP contribution in [0.2, 0.25) is 0 Å². The van der Waals surface area contributed by atoms with Gasteiger partial charge in [0.05, 0.1) is 12.2 Å². The van der Waals surface area contributed by atoms with Crippen LogP contribution < -0.4 is 0 Å². The Morgan fingerprint density at radius 2 is 1.87 bits per heavy atom. The lowest BCUT2D eigenvalue weighted by molar-refractivity contribution is -0.170. The SMILES string of the molecule is CC1(C)CCC[C@]2(C)[C@@H]1CC(=O)[C@@]13CC(CC[C@H]12)[C@@](O)(CO)C3. The van der Waals surface area contributed by atoms with Crippen molar-refractivity contribution in [3.8, 4) is 0 Å². The number of aliphatic hydroxyl groups is 2. The topological polar surface area (TPSA) is 57.5 Å². The second kappa shape index (κ2) is 4.60. The molecule has 2 bridgehead atoms. The molecule has 0 radical (unpaired) electrons. The Balaban J connectivity index is 1.78. The minimum absolute atomic E-state index is 0.115. The van der Waals surface area contributed by atoms with Gasteiger partial charge in [0.2, 0.25) is 0 Å². The molecule has 0 aromatic heterocycles. The van der Waals surface area contributed by atoms with E-state index in [0.717, 1.165) is 19.3 Å². The summed E-state index contributed by atoms with van der Waals surface area (Å²) in [6.45, 7) is 6.95. The van der Waals surface area contributed by atoms with Gasteiger partial charge in [-0.25, -0.2) is 0 Å². The molecule has 4 rings (SSSR count). The van der Waals surface area contributed by atoms with E-state index in [1.165, 1.54) is 19.3 Å². The largest absolute Gasteiger partial charge is 0.393 e. The number of aliphatic hydroxyl groups excluding tert-OH is 1. The van der Waals surface area contributed by atoms with Crippen LogP contribution in [0, 0.1) is 34.0 Å². The Bertz CT molecular complexity index is 541. The fourth-order valence-corrected chi connectivity index (χ4v) is 7.71. The van der Waals surface area contributed by atoms with E-state index < -0.39 is 5.60 Å². The highest BCUT2D eigenvalue weighted by Crippen LogP contribution is 2.71. The van der Waals surface area contributed by atoms with Gasteiger partial charge < -0.3 is 10.2 Å². The highest BCUT2D eigenvalue weighted by Gasteiger charge is 2.70. The molecule has 0 heterocycles. The molecule has 1 spiro atoms. The Hall–Kier alpha value is -0.410. The van der Waals surface area contributed by atoms with Crippen LogP contribution in [0.25, 0.3) is 0 Å². The number of fused-ring (bicyclic) bond motifs is 3. The molecule has 4 aliphatic carbocycles. The highest BCUT2D eigenvalue weighted by molar-refractivity contribution is 5.87. The first-order chi connectivity index (χ1) is 10.7. The molecule has 0 saturated heterocycles. The summed E-state index contributed by atoms with van der Waals surface area (Å²) < 4.78 is 0. The first kappa shape index (κ1) is 16.1. The van der Waals surface area contributed by atoms with Crippen molar-refractivity contribution in [1.82, 2.24) is 0 Å². The molecule has 1 unspecified atom stereocenters. The smallest absolute Gasteiger partial charge is 0.139 e. The predicted molar refractivity (Wildman–Crippen MR) is 88.8 cm³/mol. The highest BCUT2D eigenvalue weighted by atomic mass is 16.3. The summed E-state index contributed by atoms with van der Waals surface area (Å²) in [5.41, 5.74) is -0.898. The van der Waals surface area contributed by atoms with Gasteiger partial charge in [-0.2, -0.15) is 0 Å². The molecule has 4 fully saturated rings. The Labute approximate surface area is 139 Å². The summed E-state index contributed by atoms with van der Waals surface area (Å²) in [7, 11) is 0. The van der Waals surface area contributed by atoms with Gasteiger partial charge >= 0.3 is 0 Å². The summed E-state index contributed by atoms with van der Waals surface area (Å²) in [6, 6.07) is 0. The van der Waals surface area contributed by atoms with Gasteiger partial charge in [-0.05, 0) is 67.1 Å². The van der Waals surface area contributed by atoms with Crippen molar-refractivity contribution in [2.75, 3.05) is 6.61 Å². The fourth-order valence-electron chi connectivity index (χ4n) is 7.71. The molecular weight excluding hydrogens is 288 g/mol. The fraction of sp³-hybridized carbons (Fsp3) is 0.950. The van der Waals surface area contributed by atoms with Crippen molar-refractivity contribution in [3.05, 3.63) is 0 Å². The molecule has 4 saturated carbocycles. The van der Waals surface area contributed by atoms with E-state index in [0.29, 0.717) is 30.5 Å². The first-order valence-corrected chi connectivity index (χ1v) is 9.55. The number of hydrogen-bond acceptors (Lipinski definition) is 3. The van der Waals surface area contributed by atoms with E-state index in [2.05, 4.69) is 20.8 Å². The summed E-state index contributed by atoms with van der Waals surface area (Å²) in [5, 5.41) is 20.7. The molecule has 0 aliphatic heterocycles. The number of carbonyl (C=O) groups excluding carboxylic acids is 1. The van der Waals surface area contributed by atoms with Crippen LogP contribution in [0.4, 0.5) is 0 Å². The van der Waals surface area contributed by atoms with Gasteiger partial charge in [0.15, 0.2) is 0 Å². The number of carbonyl (C=O) groups is 1. The maximum Gasteiger partial charge on any atom is 0.139 e. The maximum absolute atomic E-state index is 13.3. The van der Waals surface area contributed by atoms with Crippen LogP contribution in [0.3, 0.4) is 0 Å². The van der Waals surface area contributed by atoms with Gasteiger partial charge in [0, 0.05) is 11.8 Å². The monoisotopic (exact) mass is 320 g/mol. The molecule has 0 amide bonds. The molecule has 130 valence electrons. The predicted octanol–water partition coefficient (Wildman–Crippen LogP) is 3.32. The van der Waals surface area contributed by atoms with Crippen molar-refractivity contribution < 1.29 is 15.0 Å². The van der Waals surface area contributed by atoms with Crippen LogP contribution in [-0.4, -0.2) is 28.2 Å². The van der Waals surface area contributed by atoms with E-state index in [4.69, 9.17) is 0 Å². The van der Waals surface area contributed by atoms with Crippen LogP contribution in [0.15, 0.2) is 0 Å². The van der Waals surface area contributed by atoms with E-state index in [1.54, 1.807) is 0 Å². The second-order valence-corrected chi connectivity index (χ2v) is 10.2. The van der Waals surface area contributed by atoms with Crippen LogP contribution in [0.5, 0.6) is 0 Å². The van der Waals surface area contributed by atoms with Crippen molar-refractivity contribution in [2.24, 2.45) is 34.0 Å². The van der Waals surface area contributed by atoms with Gasteiger partial charge in [0.25, 0.3) is 0 Å². The van der Waals surface area contributed by atoms with E-state index in [-0.39, 0.29) is 28.8 Å². The molecule has 3 nitrogen and oxygen atoms in total. The molecule has 4 aliphatic rings. The molecular formula is C20H32O3. The zero-order chi connectivity index (χ0) is 16.7. The summed E-state index contributed by atoms with van der Waals surface area (Å²) in [6.07, 6.45) is 7.75. The van der Waals surface area contributed by atoms with Crippen LogP contribution >= 0.6 is 0 Å². The number of rotatable bonds is 1. The molecule has 6 atom stereocenters. The second-order valence-electron chi connectivity index (χ2n) is 10.2. The van der Waals surface area contributed by atoms with Gasteiger partial charge in [-0.15, -0.1) is 0 Å². The number of ketones is 1. The number of hydrogen-bond donors (Lipinski definition) is 2. The molecule has 2 N–H and O–H groups in total. The lowest BCUT2D eigenvalue weighted by Crippen LogP contribution is -2.59. The summed E-state index contributed by atoms with van der Waals surface area (Å²) in [4.78, 5) is 13.3. The van der Waals surface area contributed by atoms with Crippen molar-refractivity contribution in [3.63, 3.8) is 0 Å². The molecule has 0 aromatic carbocycles. The number of Topliss-reactive ketones (excluding diaryl/α,β-unsaturated/α-hetero) is 1. The Kier molecular flexibility index (Phi) is 3.22. The Morgan fingerprint density at radius 3 is 2.57 bits per heavy atom. The first-order valence-electron chi connectivity index (χ1n) is 9.55. The van der Waals surface area contributed by atoms with Crippen LogP contribution in [0.1, 0.15) is 72.1 Å². The zero-order valence-electron chi connectivity index (χ0n) is 14.9. The minimum Gasteiger partial charge on any atom is -0.393 e. The van der Waals surface area contributed by atoms with Gasteiger partial charge in [0.1, 0.15) is 5.78 Å². The summed E-state index contributed by atoms with van der Waals surface area (Å²) in [5.74, 6) is 1.39. The van der Waals surface area contributed by atoms with Crippen LogP contribution in [-0.2, 0) is 4.79 Å². The lowest BCUT2D eigenvalue weighted by Gasteiger charge is -2.62. The third kappa shape index (κ3) is 1.87. The average Bonchev–Trinajstić information content (AvgIpc) is 2.71. The van der Waals surface area contributed by atoms with Gasteiger partial charge in [-0.3, -0.25) is 4.79 Å². The zero-order valence-corrected chi connectivity index (χ0v) is 14.9. The molecule has 0 aromatic rings. The molecule has 23 heavy (non-hydrogen) atoms. The lowest BCUT2D eigenvalue weighted by atomic mass is 9.41.